The largest absolute Gasteiger partial charge is 0.333 e. The fourth-order valence-electron chi connectivity index (χ4n) is 3.00. The number of amides is 3. The van der Waals surface area contributed by atoms with Crippen LogP contribution in [0, 0.1) is 11.6 Å². The molecule has 2 fully saturated rings. The fourth-order valence-corrected chi connectivity index (χ4v) is 4.42. The van der Waals surface area contributed by atoms with E-state index in [1.54, 1.807) is 12.1 Å². The van der Waals surface area contributed by atoms with E-state index in [0.29, 0.717) is 11.4 Å². The van der Waals surface area contributed by atoms with E-state index in [4.69, 9.17) is 0 Å². The van der Waals surface area contributed by atoms with Gasteiger partial charge in [0, 0.05) is 5.75 Å². The smallest absolute Gasteiger partial charge is 0.295 e. The molecule has 7 heteroatoms. The lowest BCUT2D eigenvalue weighted by Gasteiger charge is -2.23. The zero-order chi connectivity index (χ0) is 16.8. The van der Waals surface area contributed by atoms with Crippen LogP contribution in [0.4, 0.5) is 19.3 Å². The molecule has 0 spiro atoms. The molecule has 0 aliphatic carbocycles. The van der Waals surface area contributed by atoms with Gasteiger partial charge in [-0.3, -0.25) is 9.69 Å². The number of urea groups is 1. The van der Waals surface area contributed by atoms with Gasteiger partial charge in [0.1, 0.15) is 23.1 Å². The third-order valence-corrected chi connectivity index (χ3v) is 5.48. The van der Waals surface area contributed by atoms with Gasteiger partial charge in [0.15, 0.2) is 0 Å². The molecule has 2 aliphatic rings. The van der Waals surface area contributed by atoms with Crippen LogP contribution in [0.15, 0.2) is 48.5 Å². The molecular formula is C17H12F2N2O2S. The van der Waals surface area contributed by atoms with Crippen molar-refractivity contribution in [2.24, 2.45) is 0 Å². The summed E-state index contributed by atoms with van der Waals surface area (Å²) in [6, 6.07) is 10.2. The van der Waals surface area contributed by atoms with Gasteiger partial charge in [-0.05, 0) is 42.0 Å². The molecule has 2 aromatic carbocycles. The van der Waals surface area contributed by atoms with Crippen molar-refractivity contribution >= 4 is 29.4 Å². The van der Waals surface area contributed by atoms with Crippen LogP contribution in [0.2, 0.25) is 0 Å². The molecule has 2 aliphatic heterocycles. The van der Waals surface area contributed by atoms with Crippen LogP contribution in [0.5, 0.6) is 0 Å². The number of halogens is 2. The quantitative estimate of drug-likeness (QED) is 0.781. The first kappa shape index (κ1) is 15.1. The Hall–Kier alpha value is -2.41. The molecule has 24 heavy (non-hydrogen) atoms. The molecule has 122 valence electrons. The monoisotopic (exact) mass is 346 g/mol. The number of nitrogens with zero attached hydrogens (tertiary/aromatic N) is 2. The number of benzene rings is 2. The highest BCUT2D eigenvalue weighted by Gasteiger charge is 2.53. The van der Waals surface area contributed by atoms with Gasteiger partial charge in [-0.2, -0.15) is 0 Å². The Balaban J connectivity index is 1.67. The van der Waals surface area contributed by atoms with Crippen molar-refractivity contribution in [3.05, 3.63) is 65.7 Å². The van der Waals surface area contributed by atoms with Crippen LogP contribution >= 0.6 is 11.8 Å². The lowest BCUT2D eigenvalue weighted by atomic mass is 10.2. The number of fused-ring (bicyclic) bond motifs is 1. The summed E-state index contributed by atoms with van der Waals surface area (Å²) < 4.78 is 26.2. The van der Waals surface area contributed by atoms with Crippen molar-refractivity contribution < 1.29 is 18.4 Å². The summed E-state index contributed by atoms with van der Waals surface area (Å²) in [5.74, 6) is -0.624. The average molecular weight is 346 g/mol. The highest BCUT2D eigenvalue weighted by Crippen LogP contribution is 2.45. The van der Waals surface area contributed by atoms with E-state index in [2.05, 4.69) is 0 Å². The number of rotatable bonds is 2. The molecule has 0 radical (unpaired) electrons. The fraction of sp³-hybridized carbons (Fsp3) is 0.176. The lowest BCUT2D eigenvalue weighted by Crippen LogP contribution is -2.33. The topological polar surface area (TPSA) is 40.6 Å². The number of hydrogen-bond acceptors (Lipinski definition) is 3. The molecule has 3 amide bonds. The molecule has 0 N–H and O–H groups in total. The molecular weight excluding hydrogens is 334 g/mol. The normalized spacial score (nSPS) is 23.1. The minimum Gasteiger partial charge on any atom is -0.295 e. The molecule has 0 bridgehead atoms. The Morgan fingerprint density at radius 2 is 1.50 bits per heavy atom. The number of imide groups is 1. The van der Waals surface area contributed by atoms with Crippen LogP contribution < -0.4 is 4.90 Å². The van der Waals surface area contributed by atoms with Crippen molar-refractivity contribution in [1.29, 1.82) is 0 Å². The second kappa shape index (κ2) is 5.59. The first-order valence-corrected chi connectivity index (χ1v) is 8.40. The summed E-state index contributed by atoms with van der Waals surface area (Å²) in [6.07, 6.45) is 0. The summed E-state index contributed by atoms with van der Waals surface area (Å²) in [6.45, 7) is 0. The Bertz CT molecular complexity index is 810. The van der Waals surface area contributed by atoms with Crippen LogP contribution in [0.3, 0.4) is 0 Å². The van der Waals surface area contributed by atoms with Gasteiger partial charge in [-0.25, -0.2) is 18.5 Å². The zero-order valence-corrected chi connectivity index (χ0v) is 13.2. The van der Waals surface area contributed by atoms with Crippen LogP contribution in [0.1, 0.15) is 10.9 Å². The Labute approximate surface area is 141 Å². The van der Waals surface area contributed by atoms with Crippen molar-refractivity contribution in [3.8, 4) is 0 Å². The minimum atomic E-state index is -0.553. The summed E-state index contributed by atoms with van der Waals surface area (Å²) in [5, 5.41) is -0.336. The number of thioether (sulfide) groups is 1. The lowest BCUT2D eigenvalue weighted by molar-refractivity contribution is -0.119. The van der Waals surface area contributed by atoms with E-state index < -0.39 is 17.9 Å². The number of carbonyl (C=O) groups excluding carboxylic acids is 2. The summed E-state index contributed by atoms with van der Waals surface area (Å²) in [5.41, 5.74) is 1.12. The molecule has 2 heterocycles. The van der Waals surface area contributed by atoms with E-state index in [9.17, 15) is 18.4 Å². The Morgan fingerprint density at radius 3 is 2.12 bits per heavy atom. The average Bonchev–Trinajstić information content (AvgIpc) is 3.11. The second-order valence-corrected chi connectivity index (χ2v) is 6.71. The van der Waals surface area contributed by atoms with E-state index in [1.165, 1.54) is 53.1 Å². The van der Waals surface area contributed by atoms with Gasteiger partial charge < -0.3 is 0 Å². The maximum absolute atomic E-state index is 13.1. The predicted molar refractivity (Wildman–Crippen MR) is 86.5 cm³/mol. The molecule has 2 saturated heterocycles. The Kier molecular flexibility index (Phi) is 3.53. The van der Waals surface area contributed by atoms with E-state index in [1.807, 2.05) is 0 Å². The first-order valence-electron chi connectivity index (χ1n) is 7.35. The summed E-state index contributed by atoms with van der Waals surface area (Å²) in [4.78, 5) is 28.0. The van der Waals surface area contributed by atoms with Gasteiger partial charge in [-0.1, -0.05) is 12.1 Å². The first-order chi connectivity index (χ1) is 11.6. The van der Waals surface area contributed by atoms with Gasteiger partial charge in [-0.15, -0.1) is 11.8 Å². The van der Waals surface area contributed by atoms with Crippen molar-refractivity contribution in [3.63, 3.8) is 0 Å². The molecule has 2 aromatic rings. The molecule has 0 unspecified atom stereocenters. The summed E-state index contributed by atoms with van der Waals surface area (Å²) >= 11 is 1.48. The molecule has 0 saturated carbocycles. The van der Waals surface area contributed by atoms with Gasteiger partial charge >= 0.3 is 6.03 Å². The highest BCUT2D eigenvalue weighted by atomic mass is 32.2. The van der Waals surface area contributed by atoms with Gasteiger partial charge in [0.2, 0.25) is 0 Å². The van der Waals surface area contributed by atoms with Crippen molar-refractivity contribution in [2.45, 2.75) is 11.4 Å². The Morgan fingerprint density at radius 1 is 0.917 bits per heavy atom. The van der Waals surface area contributed by atoms with Gasteiger partial charge in [0.05, 0.1) is 5.69 Å². The third-order valence-electron chi connectivity index (χ3n) is 4.16. The van der Waals surface area contributed by atoms with Gasteiger partial charge in [0.25, 0.3) is 5.91 Å². The maximum atomic E-state index is 13.1. The van der Waals surface area contributed by atoms with Crippen LogP contribution in [-0.4, -0.2) is 28.6 Å². The third kappa shape index (κ3) is 2.27. The second-order valence-electron chi connectivity index (χ2n) is 5.59. The SMILES string of the molecule is O=C1[C@@H]2CS[C@@H](c3ccc(F)cc3)N2C(=O)N1c1ccc(F)cc1. The maximum Gasteiger partial charge on any atom is 0.333 e. The molecule has 4 rings (SSSR count). The molecule has 0 aromatic heterocycles. The predicted octanol–water partition coefficient (Wildman–Crippen LogP) is 3.55. The zero-order valence-electron chi connectivity index (χ0n) is 12.4. The van der Waals surface area contributed by atoms with E-state index in [0.717, 1.165) is 10.5 Å². The van der Waals surface area contributed by atoms with E-state index >= 15 is 0 Å². The van der Waals surface area contributed by atoms with Crippen molar-refractivity contribution in [1.82, 2.24) is 4.90 Å². The number of anilines is 1. The summed E-state index contributed by atoms with van der Waals surface area (Å²) in [7, 11) is 0. The standard InChI is InChI=1S/C17H12F2N2O2S/c18-11-3-1-10(2-4-11)16-21-14(9-24-16)15(22)20(17(21)23)13-7-5-12(19)6-8-13/h1-8,14,16H,9H2/t14-,16-/m0/s1. The molecule has 4 nitrogen and oxygen atoms in total. The number of carbonyl (C=O) groups is 2. The van der Waals surface area contributed by atoms with Crippen LogP contribution in [0.25, 0.3) is 0 Å². The minimum absolute atomic E-state index is 0.316. The van der Waals surface area contributed by atoms with E-state index in [-0.39, 0.29) is 17.1 Å². The van der Waals surface area contributed by atoms with Crippen molar-refractivity contribution in [2.75, 3.05) is 10.7 Å². The molecule has 2 atom stereocenters. The highest BCUT2D eigenvalue weighted by molar-refractivity contribution is 7.99. The number of hydrogen-bond donors (Lipinski definition) is 0. The van der Waals surface area contributed by atoms with Crippen LogP contribution in [-0.2, 0) is 4.79 Å².